The van der Waals surface area contributed by atoms with Crippen molar-refractivity contribution in [2.45, 2.75) is 94.4 Å². The van der Waals surface area contributed by atoms with E-state index in [1.54, 1.807) is 11.8 Å². The minimum atomic E-state index is -4.42. The summed E-state index contributed by atoms with van der Waals surface area (Å²) < 4.78 is 73.1. The summed E-state index contributed by atoms with van der Waals surface area (Å²) in [7, 11) is 0. The number of alkyl halides is 5. The molecule has 1 saturated heterocycles. The largest absolute Gasteiger partial charge is 0.423 e. The number of hydrogen-bond acceptors (Lipinski definition) is 4. The maximum atomic E-state index is 13.6. The van der Waals surface area contributed by atoms with Gasteiger partial charge in [-0.15, -0.1) is 10.2 Å². The van der Waals surface area contributed by atoms with Gasteiger partial charge in [-0.2, -0.15) is 13.2 Å². The predicted molar refractivity (Wildman–Crippen MR) is 102 cm³/mol. The average molecular weight is 462 g/mol. The number of rotatable bonds is 3. The van der Waals surface area contributed by atoms with Crippen molar-refractivity contribution >= 4 is 6.03 Å². The third-order valence-electron chi connectivity index (χ3n) is 8.05. The topological polar surface area (TPSA) is 71.3 Å². The molecule has 2 bridgehead atoms. The van der Waals surface area contributed by atoms with E-state index in [4.69, 9.17) is 4.42 Å². The second-order valence-electron chi connectivity index (χ2n) is 10.1. The Balaban J connectivity index is 1.29. The van der Waals surface area contributed by atoms with E-state index in [1.165, 1.54) is 0 Å². The number of carbonyl (C=O) groups excluding carboxylic acids is 1. The number of amides is 2. The highest BCUT2D eigenvalue weighted by Crippen LogP contribution is 2.55. The number of nitrogens with zero attached hydrogens (tertiary/aromatic N) is 3. The SMILES string of the molecule is Cc1nnc([C@]23CCC[C@H](C2)N3C(=O)NC2CCC(C(F)(F)F)C(C3CC(F)(F)C3)C2)o1. The number of aryl methyl sites for hydroxylation is 1. The molecule has 0 spiro atoms. The van der Waals surface area contributed by atoms with Gasteiger partial charge >= 0.3 is 12.2 Å². The van der Waals surface area contributed by atoms with E-state index in [2.05, 4.69) is 15.5 Å². The third-order valence-corrected chi connectivity index (χ3v) is 8.05. The number of urea groups is 1. The summed E-state index contributed by atoms with van der Waals surface area (Å²) in [6.07, 6.45) is -2.13. The lowest BCUT2D eigenvalue weighted by molar-refractivity contribution is -0.222. The first-order valence-electron chi connectivity index (χ1n) is 11.3. The standard InChI is InChI=1S/C21H27F5N4O2/c1-11-28-29-17(32-11)19-6-2-3-14(10-19)30(19)18(31)27-13-4-5-16(21(24,25)26)15(7-13)12-8-20(22,23)9-12/h12-16H,2-10H2,1H3,(H,27,31)/t13?,14-,15?,16?,19+/m1/s1. The van der Waals surface area contributed by atoms with Crippen molar-refractivity contribution in [3.63, 3.8) is 0 Å². The van der Waals surface area contributed by atoms with Gasteiger partial charge in [-0.3, -0.25) is 0 Å². The zero-order valence-electron chi connectivity index (χ0n) is 17.8. The molecule has 11 heteroatoms. The molecular weight excluding hydrogens is 435 g/mol. The number of piperidine rings is 1. The van der Waals surface area contributed by atoms with Gasteiger partial charge in [-0.05, 0) is 50.4 Å². The first-order chi connectivity index (χ1) is 15.0. The van der Waals surface area contributed by atoms with Gasteiger partial charge in [-0.1, -0.05) is 0 Å². The van der Waals surface area contributed by atoms with Crippen molar-refractivity contribution in [2.75, 3.05) is 0 Å². The van der Waals surface area contributed by atoms with Crippen LogP contribution in [0.15, 0.2) is 4.42 Å². The number of aromatic nitrogens is 2. The predicted octanol–water partition coefficient (Wildman–Crippen LogP) is 4.93. The lowest BCUT2D eigenvalue weighted by Gasteiger charge is -2.60. The molecule has 3 aliphatic carbocycles. The molecule has 0 radical (unpaired) electrons. The average Bonchev–Trinajstić information content (AvgIpc) is 3.12. The van der Waals surface area contributed by atoms with E-state index < -0.39 is 54.3 Å². The second-order valence-corrected chi connectivity index (χ2v) is 10.1. The molecule has 4 aliphatic rings. The van der Waals surface area contributed by atoms with Crippen LogP contribution in [-0.2, 0) is 5.54 Å². The van der Waals surface area contributed by atoms with Crippen LogP contribution in [0.25, 0.3) is 0 Å². The molecule has 2 heterocycles. The van der Waals surface area contributed by atoms with Gasteiger partial charge in [-0.25, -0.2) is 13.6 Å². The Kier molecular flexibility index (Phi) is 4.98. The number of hydrogen-bond donors (Lipinski definition) is 1. The van der Waals surface area contributed by atoms with Gasteiger partial charge in [0.05, 0.1) is 5.92 Å². The maximum absolute atomic E-state index is 13.6. The van der Waals surface area contributed by atoms with Gasteiger partial charge in [0.25, 0.3) is 0 Å². The molecule has 0 aromatic carbocycles. The molecule has 4 fully saturated rings. The molecule has 1 aliphatic heterocycles. The molecule has 178 valence electrons. The fourth-order valence-electron chi connectivity index (χ4n) is 6.56. The van der Waals surface area contributed by atoms with Crippen molar-refractivity contribution in [1.82, 2.24) is 20.4 Å². The van der Waals surface area contributed by atoms with Crippen LogP contribution in [0, 0.1) is 24.7 Å². The number of likely N-dealkylation sites (tertiary alicyclic amines) is 1. The van der Waals surface area contributed by atoms with Gasteiger partial charge in [0.2, 0.25) is 17.7 Å². The normalized spacial score (nSPS) is 36.9. The highest BCUT2D eigenvalue weighted by molar-refractivity contribution is 5.77. The maximum Gasteiger partial charge on any atom is 0.392 e. The molecular formula is C21H27F5N4O2. The van der Waals surface area contributed by atoms with Crippen LogP contribution >= 0.6 is 0 Å². The van der Waals surface area contributed by atoms with Crippen molar-refractivity contribution in [3.8, 4) is 0 Å². The van der Waals surface area contributed by atoms with Crippen molar-refractivity contribution in [2.24, 2.45) is 17.8 Å². The van der Waals surface area contributed by atoms with Crippen LogP contribution in [0.2, 0.25) is 0 Å². The highest BCUT2D eigenvalue weighted by Gasteiger charge is 2.61. The van der Waals surface area contributed by atoms with Gasteiger partial charge in [0, 0.05) is 38.3 Å². The zero-order chi connectivity index (χ0) is 22.9. The molecule has 1 N–H and O–H groups in total. The van der Waals surface area contributed by atoms with Crippen LogP contribution in [0.5, 0.6) is 0 Å². The summed E-state index contributed by atoms with van der Waals surface area (Å²) in [5.41, 5.74) is -0.660. The summed E-state index contributed by atoms with van der Waals surface area (Å²) in [6, 6.07) is -0.781. The first-order valence-corrected chi connectivity index (χ1v) is 11.3. The van der Waals surface area contributed by atoms with Gasteiger partial charge < -0.3 is 14.6 Å². The number of fused-ring (bicyclic) bond motifs is 2. The lowest BCUT2D eigenvalue weighted by Crippen LogP contribution is -2.70. The van der Waals surface area contributed by atoms with E-state index >= 15 is 0 Å². The molecule has 6 nitrogen and oxygen atoms in total. The van der Waals surface area contributed by atoms with Crippen LogP contribution in [0.4, 0.5) is 26.7 Å². The van der Waals surface area contributed by atoms with Crippen LogP contribution < -0.4 is 5.32 Å². The molecule has 2 amide bonds. The van der Waals surface area contributed by atoms with Gasteiger partial charge in [0.1, 0.15) is 5.54 Å². The Morgan fingerprint density at radius 2 is 1.91 bits per heavy atom. The van der Waals surface area contributed by atoms with E-state index in [9.17, 15) is 26.7 Å². The summed E-state index contributed by atoms with van der Waals surface area (Å²) in [5.74, 6) is -5.20. The first kappa shape index (κ1) is 21.9. The molecule has 1 aromatic heterocycles. The van der Waals surface area contributed by atoms with Crippen LogP contribution in [0.3, 0.4) is 0 Å². The molecule has 32 heavy (non-hydrogen) atoms. The minimum Gasteiger partial charge on any atom is -0.423 e. The summed E-state index contributed by atoms with van der Waals surface area (Å²) >= 11 is 0. The van der Waals surface area contributed by atoms with Crippen molar-refractivity contribution in [1.29, 1.82) is 0 Å². The molecule has 3 unspecified atom stereocenters. The zero-order valence-corrected chi connectivity index (χ0v) is 17.8. The fourth-order valence-corrected chi connectivity index (χ4v) is 6.56. The minimum absolute atomic E-state index is 0.0311. The Labute approximate surface area is 182 Å². The Morgan fingerprint density at radius 3 is 2.50 bits per heavy atom. The van der Waals surface area contributed by atoms with Gasteiger partial charge in [0.15, 0.2) is 0 Å². The third kappa shape index (κ3) is 3.55. The van der Waals surface area contributed by atoms with Crippen molar-refractivity contribution in [3.05, 3.63) is 11.8 Å². The lowest BCUT2D eigenvalue weighted by atomic mass is 9.62. The summed E-state index contributed by atoms with van der Waals surface area (Å²) in [6.45, 7) is 1.68. The Hall–Kier alpha value is -1.94. The Morgan fingerprint density at radius 1 is 1.16 bits per heavy atom. The highest BCUT2D eigenvalue weighted by atomic mass is 19.4. The molecule has 1 aromatic rings. The van der Waals surface area contributed by atoms with Crippen LogP contribution in [0.1, 0.15) is 69.6 Å². The van der Waals surface area contributed by atoms with Crippen molar-refractivity contribution < 1.29 is 31.2 Å². The van der Waals surface area contributed by atoms with E-state index in [1.807, 2.05) is 0 Å². The second kappa shape index (κ2) is 7.28. The molecule has 5 atom stereocenters. The summed E-state index contributed by atoms with van der Waals surface area (Å²) in [5, 5.41) is 10.9. The van der Waals surface area contributed by atoms with Crippen LogP contribution in [-0.4, -0.2) is 45.3 Å². The molecule has 3 saturated carbocycles. The number of carbonyl (C=O) groups is 1. The fraction of sp³-hybridized carbons (Fsp3) is 0.857. The monoisotopic (exact) mass is 462 g/mol. The van der Waals surface area contributed by atoms with E-state index in [0.29, 0.717) is 18.2 Å². The van der Waals surface area contributed by atoms with E-state index in [-0.39, 0.29) is 31.3 Å². The molecule has 5 rings (SSSR count). The van der Waals surface area contributed by atoms with E-state index in [0.717, 1.165) is 19.3 Å². The summed E-state index contributed by atoms with van der Waals surface area (Å²) in [4.78, 5) is 14.9. The smallest absolute Gasteiger partial charge is 0.392 e. The Bertz CT molecular complexity index is 878. The quantitative estimate of drug-likeness (QED) is 0.647. The number of nitrogens with one attached hydrogen (secondary N) is 1. The number of halogens is 5.